The van der Waals surface area contributed by atoms with E-state index in [1.807, 2.05) is 11.6 Å². The smallest absolute Gasteiger partial charge is 0.221 e. The monoisotopic (exact) mass is 277 g/mol. The van der Waals surface area contributed by atoms with E-state index in [1.165, 1.54) is 24.6 Å². The van der Waals surface area contributed by atoms with Crippen molar-refractivity contribution in [1.29, 1.82) is 0 Å². The van der Waals surface area contributed by atoms with Gasteiger partial charge in [0.15, 0.2) is 0 Å². The van der Waals surface area contributed by atoms with Gasteiger partial charge in [0, 0.05) is 11.8 Å². The van der Waals surface area contributed by atoms with Crippen molar-refractivity contribution in [2.45, 2.75) is 48.8 Å². The van der Waals surface area contributed by atoms with E-state index in [2.05, 4.69) is 25.5 Å². The van der Waals surface area contributed by atoms with Gasteiger partial charge in [-0.3, -0.25) is 0 Å². The summed E-state index contributed by atoms with van der Waals surface area (Å²) in [6.07, 6.45) is 6.49. The number of hydrogen-bond donors (Lipinski definition) is 1. The molecule has 1 aliphatic carbocycles. The Labute approximate surface area is 115 Å². The zero-order valence-electron chi connectivity index (χ0n) is 10.7. The molecule has 2 aromatic heterocycles. The Morgan fingerprint density at radius 3 is 2.95 bits per heavy atom. The van der Waals surface area contributed by atoms with Crippen LogP contribution in [0.5, 0.6) is 0 Å². The molecule has 8 heteroatoms. The molecule has 7 nitrogen and oxygen atoms in total. The van der Waals surface area contributed by atoms with Crippen molar-refractivity contribution in [3.63, 3.8) is 0 Å². The zero-order chi connectivity index (χ0) is 13.2. The lowest BCUT2D eigenvalue weighted by Crippen LogP contribution is -2.08. The minimum absolute atomic E-state index is 0.271. The average molecular weight is 277 g/mol. The van der Waals surface area contributed by atoms with Gasteiger partial charge in [-0.2, -0.15) is 0 Å². The summed E-state index contributed by atoms with van der Waals surface area (Å²) in [5.41, 5.74) is 6.60. The van der Waals surface area contributed by atoms with Gasteiger partial charge in [0.2, 0.25) is 11.1 Å². The second kappa shape index (κ2) is 5.12. The van der Waals surface area contributed by atoms with Crippen molar-refractivity contribution in [3.05, 3.63) is 11.8 Å². The van der Waals surface area contributed by atoms with Gasteiger partial charge in [-0.25, -0.2) is 14.6 Å². The maximum Gasteiger partial charge on any atom is 0.221 e. The van der Waals surface area contributed by atoms with Crippen LogP contribution in [0.15, 0.2) is 16.4 Å². The van der Waals surface area contributed by atoms with Gasteiger partial charge < -0.3 is 5.73 Å². The normalized spacial score (nSPS) is 16.1. The van der Waals surface area contributed by atoms with Crippen LogP contribution in [0.4, 0.5) is 5.95 Å². The Morgan fingerprint density at radius 2 is 2.16 bits per heavy atom. The Balaban J connectivity index is 1.87. The van der Waals surface area contributed by atoms with Crippen LogP contribution in [0.3, 0.4) is 0 Å². The lowest BCUT2D eigenvalue weighted by Gasteiger charge is -2.11. The fourth-order valence-electron chi connectivity index (χ4n) is 2.26. The van der Waals surface area contributed by atoms with E-state index in [1.54, 1.807) is 6.20 Å². The number of rotatable bonds is 3. The number of nitrogens with two attached hydrogens (primary N) is 1. The standard InChI is InChI=1S/C11H15N7S/c1-7-6-13-10(12)14-9(7)19-11-15-16-17-18(11)8-4-2-3-5-8/h6,8H,2-5H2,1H3,(H2,12,13,14). The van der Waals surface area contributed by atoms with E-state index in [0.29, 0.717) is 6.04 Å². The largest absolute Gasteiger partial charge is 0.368 e. The van der Waals surface area contributed by atoms with Crippen LogP contribution in [0.25, 0.3) is 0 Å². The highest BCUT2D eigenvalue weighted by molar-refractivity contribution is 7.99. The maximum absolute atomic E-state index is 5.62. The summed E-state index contributed by atoms with van der Waals surface area (Å²) in [6, 6.07) is 0.414. The van der Waals surface area contributed by atoms with Gasteiger partial charge in [-0.15, -0.1) is 5.10 Å². The Hall–Kier alpha value is -1.70. The fourth-order valence-corrected chi connectivity index (χ4v) is 3.14. The third-order valence-corrected chi connectivity index (χ3v) is 4.32. The van der Waals surface area contributed by atoms with E-state index in [4.69, 9.17) is 5.73 Å². The van der Waals surface area contributed by atoms with E-state index in [0.717, 1.165) is 28.6 Å². The molecule has 19 heavy (non-hydrogen) atoms. The lowest BCUT2D eigenvalue weighted by molar-refractivity contribution is 0.423. The fraction of sp³-hybridized carbons (Fsp3) is 0.545. The highest BCUT2D eigenvalue weighted by atomic mass is 32.2. The van der Waals surface area contributed by atoms with Crippen LogP contribution in [0.2, 0.25) is 0 Å². The Kier molecular flexibility index (Phi) is 3.33. The quantitative estimate of drug-likeness (QED) is 0.851. The molecule has 1 fully saturated rings. The van der Waals surface area contributed by atoms with E-state index < -0.39 is 0 Å². The summed E-state index contributed by atoms with van der Waals surface area (Å²) in [5, 5.41) is 13.6. The molecule has 0 bridgehead atoms. The molecule has 0 spiro atoms. The molecule has 0 amide bonds. The summed E-state index contributed by atoms with van der Waals surface area (Å²) in [7, 11) is 0. The first-order valence-electron chi connectivity index (χ1n) is 6.29. The van der Waals surface area contributed by atoms with E-state index >= 15 is 0 Å². The van der Waals surface area contributed by atoms with Gasteiger partial charge in [-0.1, -0.05) is 12.8 Å². The molecule has 0 saturated heterocycles. The van der Waals surface area contributed by atoms with Crippen LogP contribution in [0.1, 0.15) is 37.3 Å². The van der Waals surface area contributed by atoms with Crippen molar-refractivity contribution in [2.75, 3.05) is 5.73 Å². The van der Waals surface area contributed by atoms with Crippen LogP contribution >= 0.6 is 11.8 Å². The maximum atomic E-state index is 5.62. The minimum atomic E-state index is 0.271. The molecule has 1 aliphatic rings. The Morgan fingerprint density at radius 1 is 1.37 bits per heavy atom. The van der Waals surface area contributed by atoms with Crippen LogP contribution in [-0.2, 0) is 0 Å². The second-order valence-electron chi connectivity index (χ2n) is 4.66. The molecular weight excluding hydrogens is 262 g/mol. The average Bonchev–Trinajstić information content (AvgIpc) is 3.03. The number of anilines is 1. The molecule has 3 rings (SSSR count). The van der Waals surface area contributed by atoms with Crippen LogP contribution in [-0.4, -0.2) is 30.2 Å². The van der Waals surface area contributed by atoms with Gasteiger partial charge in [0.1, 0.15) is 5.03 Å². The number of hydrogen-bond acceptors (Lipinski definition) is 7. The highest BCUT2D eigenvalue weighted by Crippen LogP contribution is 2.33. The summed E-state index contributed by atoms with van der Waals surface area (Å²) >= 11 is 1.44. The number of aryl methyl sites for hydroxylation is 1. The molecule has 100 valence electrons. The zero-order valence-corrected chi connectivity index (χ0v) is 11.5. The Bertz CT molecular complexity index is 576. The molecule has 1 saturated carbocycles. The highest BCUT2D eigenvalue weighted by Gasteiger charge is 2.22. The SMILES string of the molecule is Cc1cnc(N)nc1Sc1nnnn1C1CCCC1. The van der Waals surface area contributed by atoms with E-state index in [-0.39, 0.29) is 5.95 Å². The van der Waals surface area contributed by atoms with Crippen molar-refractivity contribution < 1.29 is 0 Å². The summed E-state index contributed by atoms with van der Waals surface area (Å²) in [6.45, 7) is 1.95. The molecule has 0 radical (unpaired) electrons. The van der Waals surface area contributed by atoms with Crippen molar-refractivity contribution in [2.24, 2.45) is 0 Å². The predicted octanol–water partition coefficient (Wildman–Crippen LogP) is 1.62. The first-order valence-corrected chi connectivity index (χ1v) is 7.10. The van der Waals surface area contributed by atoms with Crippen molar-refractivity contribution >= 4 is 17.7 Å². The van der Waals surface area contributed by atoms with Crippen molar-refractivity contribution in [3.8, 4) is 0 Å². The first kappa shape index (κ1) is 12.3. The van der Waals surface area contributed by atoms with Gasteiger partial charge in [-0.05, 0) is 42.0 Å². The molecule has 0 unspecified atom stereocenters. The molecule has 0 atom stereocenters. The third kappa shape index (κ3) is 2.53. The van der Waals surface area contributed by atoms with Gasteiger partial charge in [0.25, 0.3) is 0 Å². The summed E-state index contributed by atoms with van der Waals surface area (Å²) < 4.78 is 1.91. The predicted molar refractivity (Wildman–Crippen MR) is 70.6 cm³/mol. The van der Waals surface area contributed by atoms with Gasteiger partial charge in [0.05, 0.1) is 6.04 Å². The number of tetrazole rings is 1. The minimum Gasteiger partial charge on any atom is -0.368 e. The molecule has 2 aromatic rings. The molecule has 2 N–H and O–H groups in total. The lowest BCUT2D eigenvalue weighted by atomic mass is 10.3. The van der Waals surface area contributed by atoms with Crippen molar-refractivity contribution in [1.82, 2.24) is 30.2 Å². The first-order chi connectivity index (χ1) is 9.24. The number of aromatic nitrogens is 6. The summed E-state index contributed by atoms with van der Waals surface area (Å²) in [4.78, 5) is 8.20. The second-order valence-corrected chi connectivity index (χ2v) is 5.62. The topological polar surface area (TPSA) is 95.4 Å². The van der Waals surface area contributed by atoms with Gasteiger partial charge >= 0.3 is 0 Å². The molecule has 0 aliphatic heterocycles. The number of nitrogens with zero attached hydrogens (tertiary/aromatic N) is 6. The summed E-state index contributed by atoms with van der Waals surface area (Å²) in [5.74, 6) is 0.271. The van der Waals surface area contributed by atoms with Crippen LogP contribution < -0.4 is 5.73 Å². The van der Waals surface area contributed by atoms with E-state index in [9.17, 15) is 0 Å². The molecular formula is C11H15N7S. The third-order valence-electron chi connectivity index (χ3n) is 3.27. The molecule has 0 aromatic carbocycles. The van der Waals surface area contributed by atoms with Crippen LogP contribution in [0, 0.1) is 6.92 Å². The molecule has 2 heterocycles. The number of nitrogen functional groups attached to an aromatic ring is 1.